The summed E-state index contributed by atoms with van der Waals surface area (Å²) in [6.45, 7) is 0. The zero-order chi connectivity index (χ0) is 16.6. The molecule has 118 valence electrons. The normalized spacial score (nSPS) is 11.2. The number of nitrogens with zero attached hydrogens (tertiary/aromatic N) is 4. The molecule has 3 aromatic heterocycles. The van der Waals surface area contributed by atoms with E-state index in [1.54, 1.807) is 0 Å². The van der Waals surface area contributed by atoms with Crippen molar-refractivity contribution < 1.29 is 4.42 Å². The Morgan fingerprint density at radius 1 is 0.680 bits per heavy atom. The van der Waals surface area contributed by atoms with Gasteiger partial charge in [0.05, 0.1) is 0 Å². The lowest BCUT2D eigenvalue weighted by molar-refractivity contribution is 0.668. The van der Waals surface area contributed by atoms with Crippen LogP contribution in [0.1, 0.15) is 0 Å². The first-order valence-electron chi connectivity index (χ1n) is 7.90. The molecule has 25 heavy (non-hydrogen) atoms. The van der Waals surface area contributed by atoms with Gasteiger partial charge in [-0.15, -0.1) is 0 Å². The van der Waals surface area contributed by atoms with E-state index in [1.165, 1.54) is 6.33 Å². The number of aromatic nitrogens is 4. The molecule has 0 aliphatic rings. The Morgan fingerprint density at radius 3 is 2.40 bits per heavy atom. The van der Waals surface area contributed by atoms with Crippen molar-refractivity contribution in [3.8, 4) is 22.9 Å². The number of furan rings is 1. The summed E-state index contributed by atoms with van der Waals surface area (Å²) < 4.78 is 5.92. The number of pyridine rings is 1. The van der Waals surface area contributed by atoms with E-state index in [0.29, 0.717) is 17.3 Å². The van der Waals surface area contributed by atoms with E-state index in [2.05, 4.69) is 19.9 Å². The smallest absolute Gasteiger partial charge is 0.181 e. The molecule has 0 amide bonds. The Kier molecular flexibility index (Phi) is 3.03. The first kappa shape index (κ1) is 13.8. The number of rotatable bonds is 2. The highest BCUT2D eigenvalue weighted by Gasteiger charge is 2.11. The van der Waals surface area contributed by atoms with Gasteiger partial charge in [0.15, 0.2) is 11.6 Å². The van der Waals surface area contributed by atoms with Crippen molar-refractivity contribution in [3.63, 3.8) is 0 Å². The van der Waals surface area contributed by atoms with Gasteiger partial charge in [0, 0.05) is 28.6 Å². The third-order valence-corrected chi connectivity index (χ3v) is 4.10. The van der Waals surface area contributed by atoms with Crippen molar-refractivity contribution >= 4 is 21.9 Å². The van der Waals surface area contributed by atoms with Crippen LogP contribution in [0.15, 0.2) is 77.6 Å². The van der Waals surface area contributed by atoms with Crippen LogP contribution in [-0.2, 0) is 0 Å². The summed E-state index contributed by atoms with van der Waals surface area (Å²) in [6.07, 6.45) is 3.32. The molecular weight excluding hydrogens is 312 g/mol. The molecule has 0 bridgehead atoms. The summed E-state index contributed by atoms with van der Waals surface area (Å²) in [4.78, 5) is 17.6. The zero-order valence-corrected chi connectivity index (χ0v) is 13.1. The maximum Gasteiger partial charge on any atom is 0.181 e. The van der Waals surface area contributed by atoms with Gasteiger partial charge in [-0.05, 0) is 6.07 Å². The summed E-state index contributed by atoms with van der Waals surface area (Å²) >= 11 is 0. The second-order valence-electron chi connectivity index (χ2n) is 5.66. The molecule has 0 spiro atoms. The molecule has 5 heteroatoms. The minimum absolute atomic E-state index is 0.524. The molecule has 0 saturated carbocycles. The quantitative estimate of drug-likeness (QED) is 0.478. The van der Waals surface area contributed by atoms with E-state index in [-0.39, 0.29) is 0 Å². The van der Waals surface area contributed by atoms with Gasteiger partial charge in [0.2, 0.25) is 0 Å². The predicted octanol–water partition coefficient (Wildman–Crippen LogP) is 4.50. The van der Waals surface area contributed by atoms with Gasteiger partial charge >= 0.3 is 0 Å². The van der Waals surface area contributed by atoms with Crippen molar-refractivity contribution in [2.45, 2.75) is 0 Å². The molecule has 3 heterocycles. The highest BCUT2D eigenvalue weighted by molar-refractivity contribution is 6.04. The van der Waals surface area contributed by atoms with Crippen LogP contribution in [0.25, 0.3) is 44.8 Å². The lowest BCUT2D eigenvalue weighted by atomic mass is 10.2. The average Bonchev–Trinajstić information content (AvgIpc) is 3.06. The van der Waals surface area contributed by atoms with Crippen molar-refractivity contribution in [3.05, 3.63) is 73.2 Å². The van der Waals surface area contributed by atoms with E-state index in [9.17, 15) is 0 Å². The second-order valence-corrected chi connectivity index (χ2v) is 5.66. The fourth-order valence-electron chi connectivity index (χ4n) is 2.89. The minimum Gasteiger partial charge on any atom is -0.456 e. The number of benzene rings is 2. The highest BCUT2D eigenvalue weighted by atomic mass is 16.3. The maximum absolute atomic E-state index is 5.92. The first-order valence-corrected chi connectivity index (χ1v) is 7.90. The van der Waals surface area contributed by atoms with Crippen LogP contribution in [0.4, 0.5) is 0 Å². The third kappa shape index (κ3) is 2.33. The molecule has 0 aliphatic heterocycles. The molecule has 0 atom stereocenters. The summed E-state index contributed by atoms with van der Waals surface area (Å²) in [5.74, 6) is 1.15. The van der Waals surface area contributed by atoms with Crippen molar-refractivity contribution in [1.29, 1.82) is 0 Å². The van der Waals surface area contributed by atoms with Gasteiger partial charge in [0.25, 0.3) is 0 Å². The van der Waals surface area contributed by atoms with Gasteiger partial charge in [0.1, 0.15) is 23.2 Å². The van der Waals surface area contributed by atoms with E-state index in [4.69, 9.17) is 4.42 Å². The van der Waals surface area contributed by atoms with Crippen molar-refractivity contribution in [1.82, 2.24) is 19.9 Å². The van der Waals surface area contributed by atoms with Gasteiger partial charge in [-0.1, -0.05) is 48.5 Å². The van der Waals surface area contributed by atoms with Gasteiger partial charge in [-0.3, -0.25) is 4.98 Å². The summed E-state index contributed by atoms with van der Waals surface area (Å²) in [7, 11) is 0. The lowest BCUT2D eigenvalue weighted by Crippen LogP contribution is -1.96. The van der Waals surface area contributed by atoms with Gasteiger partial charge in [-0.25, -0.2) is 15.0 Å². The number of para-hydroxylation sites is 1. The molecule has 0 fully saturated rings. The third-order valence-electron chi connectivity index (χ3n) is 4.10. The van der Waals surface area contributed by atoms with Crippen LogP contribution in [0.3, 0.4) is 0 Å². The molecule has 0 N–H and O–H groups in total. The molecule has 5 aromatic rings. The summed E-state index contributed by atoms with van der Waals surface area (Å²) in [5.41, 5.74) is 3.21. The Labute approximate surface area is 143 Å². The van der Waals surface area contributed by atoms with E-state index in [1.807, 2.05) is 66.9 Å². The Bertz CT molecular complexity index is 1200. The molecular formula is C20H12N4O. The van der Waals surface area contributed by atoms with Gasteiger partial charge < -0.3 is 4.42 Å². The maximum atomic E-state index is 5.92. The molecule has 0 unspecified atom stereocenters. The Hall–Kier alpha value is -3.60. The molecule has 2 aromatic carbocycles. The molecule has 5 nitrogen and oxygen atoms in total. The topological polar surface area (TPSA) is 64.7 Å². The van der Waals surface area contributed by atoms with Crippen LogP contribution in [0, 0.1) is 0 Å². The predicted molar refractivity (Wildman–Crippen MR) is 95.8 cm³/mol. The average molecular weight is 324 g/mol. The highest BCUT2D eigenvalue weighted by Crippen LogP contribution is 2.29. The lowest BCUT2D eigenvalue weighted by Gasteiger charge is -2.02. The largest absolute Gasteiger partial charge is 0.456 e. The molecule has 0 radical (unpaired) electrons. The molecule has 0 aliphatic carbocycles. The Morgan fingerprint density at radius 2 is 1.48 bits per heavy atom. The van der Waals surface area contributed by atoms with Crippen LogP contribution in [0.2, 0.25) is 0 Å². The van der Waals surface area contributed by atoms with Gasteiger partial charge in [-0.2, -0.15) is 0 Å². The van der Waals surface area contributed by atoms with Crippen molar-refractivity contribution in [2.75, 3.05) is 0 Å². The SMILES string of the molecule is c1ccc(-c2ncnc(-c3cc4oc5ccccc5c4cn3)n2)cc1. The summed E-state index contributed by atoms with van der Waals surface area (Å²) in [5, 5.41) is 2.04. The number of hydrogen-bond acceptors (Lipinski definition) is 5. The fourth-order valence-corrected chi connectivity index (χ4v) is 2.89. The first-order chi connectivity index (χ1) is 12.4. The Balaban J connectivity index is 1.64. The number of fused-ring (bicyclic) bond motifs is 3. The van der Waals surface area contributed by atoms with Crippen LogP contribution >= 0.6 is 0 Å². The van der Waals surface area contributed by atoms with E-state index >= 15 is 0 Å². The zero-order valence-electron chi connectivity index (χ0n) is 13.1. The fraction of sp³-hybridized carbons (Fsp3) is 0. The minimum atomic E-state index is 0.524. The van der Waals surface area contributed by atoms with Crippen molar-refractivity contribution in [2.24, 2.45) is 0 Å². The molecule has 0 saturated heterocycles. The molecule has 5 rings (SSSR count). The van der Waals surface area contributed by atoms with Crippen LogP contribution < -0.4 is 0 Å². The van der Waals surface area contributed by atoms with Crippen LogP contribution in [0.5, 0.6) is 0 Å². The summed E-state index contributed by atoms with van der Waals surface area (Å²) in [6, 6.07) is 19.6. The van der Waals surface area contributed by atoms with E-state index in [0.717, 1.165) is 27.5 Å². The number of hydrogen-bond donors (Lipinski definition) is 0. The van der Waals surface area contributed by atoms with Crippen LogP contribution in [-0.4, -0.2) is 19.9 Å². The van der Waals surface area contributed by atoms with E-state index < -0.39 is 0 Å². The second kappa shape index (κ2) is 5.49. The standard InChI is InChI=1S/C20H12N4O/c1-2-6-13(7-3-1)19-22-12-23-20(24-19)16-10-18-15(11-21-16)14-8-4-5-9-17(14)25-18/h1-12H. The monoisotopic (exact) mass is 324 g/mol.